The van der Waals surface area contributed by atoms with E-state index in [2.05, 4.69) is 4.98 Å². The lowest BCUT2D eigenvalue weighted by molar-refractivity contribution is -0.385. The largest absolute Gasteiger partial charge is 0.305 e. The maximum absolute atomic E-state index is 12.7. The minimum atomic E-state index is -4.65. The molecular formula is C7H2ClF2N3O4S. The highest BCUT2D eigenvalue weighted by molar-refractivity contribution is 8.13. The second kappa shape index (κ2) is 4.79. The molecule has 1 aromatic rings. The average molecular weight is 298 g/mol. The van der Waals surface area contributed by atoms with E-state index in [1.807, 2.05) is 0 Å². The lowest BCUT2D eigenvalue weighted by Gasteiger charge is -2.06. The molecule has 0 aliphatic heterocycles. The summed E-state index contributed by atoms with van der Waals surface area (Å²) in [6.07, 6.45) is -3.06. The zero-order valence-corrected chi connectivity index (χ0v) is 9.74. The van der Waals surface area contributed by atoms with E-state index in [0.717, 1.165) is 6.07 Å². The van der Waals surface area contributed by atoms with Gasteiger partial charge in [-0.25, -0.2) is 22.2 Å². The van der Waals surface area contributed by atoms with Crippen molar-refractivity contribution >= 4 is 25.4 Å². The van der Waals surface area contributed by atoms with Crippen LogP contribution >= 0.6 is 10.7 Å². The predicted molar refractivity (Wildman–Crippen MR) is 53.6 cm³/mol. The molecule has 1 heterocycles. The lowest BCUT2D eigenvalue weighted by Crippen LogP contribution is -2.07. The molecule has 0 saturated heterocycles. The van der Waals surface area contributed by atoms with Crippen LogP contribution in [0.4, 0.5) is 14.5 Å². The van der Waals surface area contributed by atoms with Crippen LogP contribution in [0.5, 0.6) is 0 Å². The molecular weight excluding hydrogens is 296 g/mol. The van der Waals surface area contributed by atoms with E-state index < -0.39 is 42.2 Å². The number of pyridine rings is 1. The van der Waals surface area contributed by atoms with E-state index in [1.165, 1.54) is 0 Å². The second-order valence-corrected chi connectivity index (χ2v) is 5.33. The lowest BCUT2D eigenvalue weighted by atomic mass is 10.1. The average Bonchev–Trinajstić information content (AvgIpc) is 2.25. The Bertz CT molecular complexity index is 655. The number of nitro groups is 1. The first-order chi connectivity index (χ1) is 8.20. The summed E-state index contributed by atoms with van der Waals surface area (Å²) in [6.45, 7) is 0. The van der Waals surface area contributed by atoms with Crippen molar-refractivity contribution in [2.24, 2.45) is 0 Å². The minimum Gasteiger partial charge on any atom is -0.258 e. The van der Waals surface area contributed by atoms with Crippen molar-refractivity contribution in [3.8, 4) is 6.07 Å². The molecule has 1 rings (SSSR count). The molecule has 0 aliphatic carbocycles. The number of hydrogen-bond donors (Lipinski definition) is 0. The summed E-state index contributed by atoms with van der Waals surface area (Å²) < 4.78 is 47.4. The second-order valence-electron chi connectivity index (χ2n) is 2.84. The molecule has 0 bridgehead atoms. The van der Waals surface area contributed by atoms with Gasteiger partial charge in [0.05, 0.1) is 10.5 Å². The van der Waals surface area contributed by atoms with Crippen molar-refractivity contribution < 1.29 is 22.1 Å². The van der Waals surface area contributed by atoms with E-state index in [9.17, 15) is 27.3 Å². The van der Waals surface area contributed by atoms with Crippen LogP contribution in [0.2, 0.25) is 0 Å². The fraction of sp³-hybridized carbons (Fsp3) is 0.143. The predicted octanol–water partition coefficient (Wildman–Crippen LogP) is 1.73. The van der Waals surface area contributed by atoms with Gasteiger partial charge in [0.15, 0.2) is 5.03 Å². The highest BCUT2D eigenvalue weighted by atomic mass is 35.7. The Labute approximate surface area is 103 Å². The smallest absolute Gasteiger partial charge is 0.258 e. The summed E-state index contributed by atoms with van der Waals surface area (Å²) in [5, 5.41) is 17.9. The molecule has 0 N–H and O–H groups in total. The van der Waals surface area contributed by atoms with Crippen LogP contribution in [-0.2, 0) is 9.05 Å². The Balaban J connectivity index is 3.83. The van der Waals surface area contributed by atoms with E-state index in [1.54, 1.807) is 0 Å². The summed E-state index contributed by atoms with van der Waals surface area (Å²) in [4.78, 5) is 12.4. The van der Waals surface area contributed by atoms with Crippen LogP contribution in [0.1, 0.15) is 17.6 Å². The molecule has 0 atom stereocenters. The Morgan fingerprint density at radius 1 is 1.56 bits per heavy atom. The van der Waals surface area contributed by atoms with Crippen molar-refractivity contribution in [1.29, 1.82) is 5.26 Å². The quantitative estimate of drug-likeness (QED) is 0.477. The molecule has 11 heteroatoms. The molecule has 18 heavy (non-hydrogen) atoms. The summed E-state index contributed by atoms with van der Waals surface area (Å²) in [5.41, 5.74) is -3.47. The number of nitriles is 1. The molecule has 0 saturated carbocycles. The molecule has 0 unspecified atom stereocenters. The number of hydrogen-bond acceptors (Lipinski definition) is 6. The van der Waals surface area contributed by atoms with Gasteiger partial charge in [0, 0.05) is 10.7 Å². The van der Waals surface area contributed by atoms with Crippen LogP contribution in [0.15, 0.2) is 11.2 Å². The number of alkyl halides is 2. The Morgan fingerprint density at radius 2 is 2.11 bits per heavy atom. The monoisotopic (exact) mass is 297 g/mol. The first-order valence-corrected chi connectivity index (χ1v) is 6.31. The van der Waals surface area contributed by atoms with Crippen LogP contribution in [0.3, 0.4) is 0 Å². The number of halogens is 3. The van der Waals surface area contributed by atoms with Crippen LogP contribution in [-0.4, -0.2) is 18.3 Å². The van der Waals surface area contributed by atoms with Gasteiger partial charge in [0.2, 0.25) is 0 Å². The van der Waals surface area contributed by atoms with Crippen molar-refractivity contribution in [2.45, 2.75) is 11.5 Å². The van der Waals surface area contributed by atoms with Gasteiger partial charge in [-0.05, 0) is 0 Å². The Kier molecular flexibility index (Phi) is 3.78. The summed E-state index contributed by atoms with van der Waals surface area (Å²) in [5.74, 6) is 0. The minimum absolute atomic E-state index is 0.389. The van der Waals surface area contributed by atoms with Gasteiger partial charge in [-0.1, -0.05) is 0 Å². The standard InChI is InChI=1S/C7H2ClF2N3O4S/c8-18(16,17)7-5(6(9)10)3(1-11)4(2-12-7)13(14)15/h2,6H. The third-order valence-corrected chi connectivity index (χ3v) is 3.04. The summed E-state index contributed by atoms with van der Waals surface area (Å²) >= 11 is 0. The van der Waals surface area contributed by atoms with Crippen molar-refractivity contribution in [1.82, 2.24) is 4.98 Å². The number of nitrogens with zero attached hydrogens (tertiary/aromatic N) is 3. The third-order valence-electron chi connectivity index (χ3n) is 1.82. The van der Waals surface area contributed by atoms with Gasteiger partial charge in [-0.3, -0.25) is 10.1 Å². The molecule has 96 valence electrons. The number of rotatable bonds is 3. The maximum Gasteiger partial charge on any atom is 0.305 e. The van der Waals surface area contributed by atoms with Crippen molar-refractivity contribution in [3.05, 3.63) is 27.4 Å². The van der Waals surface area contributed by atoms with E-state index in [0.29, 0.717) is 6.20 Å². The van der Waals surface area contributed by atoms with Crippen LogP contribution < -0.4 is 0 Å². The van der Waals surface area contributed by atoms with Crippen LogP contribution in [0.25, 0.3) is 0 Å². The van der Waals surface area contributed by atoms with Crippen LogP contribution in [0, 0.1) is 21.4 Å². The first kappa shape index (κ1) is 14.2. The summed E-state index contributed by atoms with van der Waals surface area (Å²) in [6, 6.07) is 1.15. The molecule has 0 aromatic carbocycles. The number of aromatic nitrogens is 1. The van der Waals surface area contributed by atoms with Gasteiger partial charge >= 0.3 is 5.69 Å². The SMILES string of the molecule is N#Cc1c([N+](=O)[O-])cnc(S(=O)(=O)Cl)c1C(F)F. The van der Waals surface area contributed by atoms with Gasteiger partial charge in [0.1, 0.15) is 17.8 Å². The van der Waals surface area contributed by atoms with Gasteiger partial charge in [-0.15, -0.1) is 0 Å². The molecule has 0 amide bonds. The highest BCUT2D eigenvalue weighted by Crippen LogP contribution is 2.34. The van der Waals surface area contributed by atoms with E-state index in [4.69, 9.17) is 15.9 Å². The molecule has 0 fully saturated rings. The Morgan fingerprint density at radius 3 is 2.44 bits per heavy atom. The normalized spacial score (nSPS) is 11.3. The van der Waals surface area contributed by atoms with Crippen molar-refractivity contribution in [2.75, 3.05) is 0 Å². The third kappa shape index (κ3) is 2.52. The van der Waals surface area contributed by atoms with Gasteiger partial charge < -0.3 is 0 Å². The summed E-state index contributed by atoms with van der Waals surface area (Å²) in [7, 11) is 0.220. The Hall–Kier alpha value is -1.86. The van der Waals surface area contributed by atoms with E-state index >= 15 is 0 Å². The van der Waals surface area contributed by atoms with Gasteiger partial charge in [-0.2, -0.15) is 5.26 Å². The molecule has 0 aliphatic rings. The zero-order valence-electron chi connectivity index (χ0n) is 8.17. The first-order valence-electron chi connectivity index (χ1n) is 4.00. The zero-order chi connectivity index (χ0) is 14.1. The fourth-order valence-corrected chi connectivity index (χ4v) is 2.15. The molecule has 1 aromatic heterocycles. The van der Waals surface area contributed by atoms with Crippen molar-refractivity contribution in [3.63, 3.8) is 0 Å². The van der Waals surface area contributed by atoms with Gasteiger partial charge in [0.25, 0.3) is 15.5 Å². The highest BCUT2D eigenvalue weighted by Gasteiger charge is 2.32. The fourth-order valence-electron chi connectivity index (χ4n) is 1.15. The van der Waals surface area contributed by atoms with E-state index in [-0.39, 0.29) is 0 Å². The topological polar surface area (TPSA) is 114 Å². The molecule has 7 nitrogen and oxygen atoms in total. The maximum atomic E-state index is 12.7. The molecule has 0 radical (unpaired) electrons. The molecule has 0 spiro atoms.